The summed E-state index contributed by atoms with van der Waals surface area (Å²) in [5.41, 5.74) is 8.67. The summed E-state index contributed by atoms with van der Waals surface area (Å²) in [5.74, 6) is 0.0641. The van der Waals surface area contributed by atoms with Crippen molar-refractivity contribution in [3.8, 4) is 6.07 Å². The lowest BCUT2D eigenvalue weighted by molar-refractivity contribution is -0.254. The topological polar surface area (TPSA) is 306 Å². The number of nitrogens with zero attached hydrogens (tertiary/aromatic N) is 8. The molecule has 1 aliphatic rings. The number of nitriles is 1. The summed E-state index contributed by atoms with van der Waals surface area (Å²) < 4.78 is 0. The summed E-state index contributed by atoms with van der Waals surface area (Å²) >= 11 is 0. The van der Waals surface area contributed by atoms with Gasteiger partial charge in [0, 0.05) is 25.3 Å². The Hall–Kier alpha value is -6.52. The number of hydrazone groups is 1. The summed E-state index contributed by atoms with van der Waals surface area (Å²) in [6, 6.07) is 17.4. The molecule has 0 fully saturated rings. The lowest BCUT2D eigenvalue weighted by Crippen LogP contribution is -2.45. The van der Waals surface area contributed by atoms with E-state index < -0.39 is 5.91 Å². The molecule has 3 aromatic carbocycles. The molecule has 310 valence electrons. The molecule has 0 spiro atoms. The lowest BCUT2D eigenvalue weighted by Gasteiger charge is -2.28. The maximum Gasteiger partial charge on any atom is 0.274 e. The van der Waals surface area contributed by atoms with Gasteiger partial charge in [-0.15, -0.1) is 0 Å². The molecule has 0 unspecified atom stereocenters. The number of azo groups is 1. The number of hydrogen-bond donors (Lipinski definition) is 9. The van der Waals surface area contributed by atoms with E-state index in [0.717, 1.165) is 5.56 Å². The van der Waals surface area contributed by atoms with Crippen LogP contribution in [0.1, 0.15) is 34.7 Å². The molecule has 1 amide bonds. The molecule has 0 aliphatic carbocycles. The van der Waals surface area contributed by atoms with Crippen LogP contribution in [0.5, 0.6) is 0 Å². The molecule has 22 heteroatoms. The summed E-state index contributed by atoms with van der Waals surface area (Å²) in [5, 5.41) is 77.0. The Morgan fingerprint density at radius 2 is 1.34 bits per heavy atom. The largest absolute Gasteiger partial charge is 0.395 e. The van der Waals surface area contributed by atoms with E-state index in [9.17, 15) is 15.2 Å². The SMILES string of the molecule is CC1=C(C#N)CN(CCNc2nc(NCCO)nc(Nc3ccc(N=Nc4cc(COO)cc(COO)c4)c(C)c3)n2)C(=O)/C1=N\Nc1cc(COO)cc(COO)c1. The van der Waals surface area contributed by atoms with E-state index in [4.69, 9.17) is 21.0 Å². The van der Waals surface area contributed by atoms with Gasteiger partial charge in [0.2, 0.25) is 17.8 Å². The van der Waals surface area contributed by atoms with Gasteiger partial charge in [0.05, 0.1) is 41.9 Å². The van der Waals surface area contributed by atoms with Crippen molar-refractivity contribution in [2.24, 2.45) is 15.3 Å². The average molecular weight is 815 g/mol. The number of nitrogens with one attached hydrogen (secondary N) is 4. The van der Waals surface area contributed by atoms with Gasteiger partial charge in [-0.1, -0.05) is 12.1 Å². The van der Waals surface area contributed by atoms with E-state index in [1.807, 2.05) is 13.0 Å². The number of aryl methyl sites for hydroxylation is 1. The van der Waals surface area contributed by atoms with Crippen LogP contribution < -0.4 is 21.4 Å². The van der Waals surface area contributed by atoms with Crippen molar-refractivity contribution in [1.82, 2.24) is 19.9 Å². The Bertz CT molecular complexity index is 2180. The van der Waals surface area contributed by atoms with Crippen LogP contribution in [-0.2, 0) is 50.8 Å². The third-order valence-electron chi connectivity index (χ3n) is 8.51. The van der Waals surface area contributed by atoms with Gasteiger partial charge in [-0.05, 0) is 89.7 Å². The Kier molecular flexibility index (Phi) is 16.1. The second kappa shape index (κ2) is 21.9. The van der Waals surface area contributed by atoms with Crippen LogP contribution in [0.2, 0.25) is 0 Å². The van der Waals surface area contributed by atoms with Crippen molar-refractivity contribution < 1.29 is 50.5 Å². The van der Waals surface area contributed by atoms with Gasteiger partial charge in [-0.2, -0.15) is 35.5 Å². The number of aliphatic hydroxyl groups is 1. The number of hydrogen-bond acceptors (Lipinski definition) is 21. The first kappa shape index (κ1) is 43.6. The van der Waals surface area contributed by atoms with E-state index in [1.165, 1.54) is 4.90 Å². The van der Waals surface area contributed by atoms with Gasteiger partial charge in [0.1, 0.15) is 26.4 Å². The molecule has 1 aliphatic heterocycles. The first-order chi connectivity index (χ1) is 28.7. The van der Waals surface area contributed by atoms with Crippen LogP contribution in [0, 0.1) is 18.3 Å². The fourth-order valence-corrected chi connectivity index (χ4v) is 5.79. The molecule has 0 bridgehead atoms. The molecular formula is C37H42N12O10. The van der Waals surface area contributed by atoms with Gasteiger partial charge >= 0.3 is 0 Å². The van der Waals surface area contributed by atoms with Crippen molar-refractivity contribution in [3.63, 3.8) is 0 Å². The van der Waals surface area contributed by atoms with E-state index in [2.05, 4.69) is 77.3 Å². The first-order valence-electron chi connectivity index (χ1n) is 17.8. The summed E-state index contributed by atoms with van der Waals surface area (Å²) in [7, 11) is 0. The highest BCUT2D eigenvalue weighted by molar-refractivity contribution is 6.46. The number of carbonyl (C=O) groups is 1. The zero-order valence-corrected chi connectivity index (χ0v) is 31.9. The average Bonchev–Trinajstić information content (AvgIpc) is 3.21. The molecule has 0 radical (unpaired) electrons. The normalized spacial score (nSPS) is 13.6. The Morgan fingerprint density at radius 1 is 0.763 bits per heavy atom. The van der Waals surface area contributed by atoms with Crippen LogP contribution in [0.15, 0.2) is 81.1 Å². The van der Waals surface area contributed by atoms with Gasteiger partial charge in [0.15, 0.2) is 5.71 Å². The number of amides is 1. The molecular weight excluding hydrogens is 772 g/mol. The fourth-order valence-electron chi connectivity index (χ4n) is 5.79. The van der Waals surface area contributed by atoms with Crippen LogP contribution in [0.25, 0.3) is 0 Å². The summed E-state index contributed by atoms with van der Waals surface area (Å²) in [6.45, 7) is 3.36. The predicted molar refractivity (Wildman–Crippen MR) is 211 cm³/mol. The second-order valence-electron chi connectivity index (χ2n) is 12.9. The smallest absolute Gasteiger partial charge is 0.274 e. The Morgan fingerprint density at radius 3 is 1.90 bits per heavy atom. The van der Waals surface area contributed by atoms with Gasteiger partial charge in [-0.3, -0.25) is 31.2 Å². The minimum atomic E-state index is -0.433. The number of benzene rings is 3. The molecule has 5 rings (SSSR count). The molecule has 22 nitrogen and oxygen atoms in total. The van der Waals surface area contributed by atoms with Crippen LogP contribution in [-0.4, -0.2) is 90.4 Å². The van der Waals surface area contributed by atoms with E-state index >= 15 is 0 Å². The molecule has 9 N–H and O–H groups in total. The molecule has 4 aromatic rings. The summed E-state index contributed by atoms with van der Waals surface area (Å²) in [4.78, 5) is 45.3. The molecule has 59 heavy (non-hydrogen) atoms. The predicted octanol–water partition coefficient (Wildman–Crippen LogP) is 5.26. The Labute approximate surface area is 336 Å². The number of anilines is 5. The third-order valence-corrected chi connectivity index (χ3v) is 8.51. The number of carbonyl (C=O) groups excluding carboxylic acids is 1. The van der Waals surface area contributed by atoms with Crippen LogP contribution >= 0.6 is 0 Å². The maximum atomic E-state index is 13.6. The lowest BCUT2D eigenvalue weighted by atomic mass is 10.00. The number of aliphatic hydroxyl groups excluding tert-OH is 1. The van der Waals surface area contributed by atoms with Crippen molar-refractivity contribution in [3.05, 3.63) is 93.6 Å². The molecule has 1 aromatic heterocycles. The summed E-state index contributed by atoms with van der Waals surface area (Å²) in [6.07, 6.45) is 0. The first-order valence-corrected chi connectivity index (χ1v) is 17.8. The van der Waals surface area contributed by atoms with Crippen molar-refractivity contribution in [2.75, 3.05) is 54.2 Å². The van der Waals surface area contributed by atoms with Crippen molar-refractivity contribution >= 4 is 52.2 Å². The number of aromatic nitrogens is 3. The van der Waals surface area contributed by atoms with Crippen LogP contribution in [0.4, 0.5) is 40.6 Å². The van der Waals surface area contributed by atoms with E-state index in [-0.39, 0.29) is 82.8 Å². The standard InChI is InChI=1S/C37H42N12O10/c1-22-9-29(3-4-32(22)47-45-30-12-24(18-56-52)10-25(13-30)19-57-53)41-37-43-35(42-36(44-37)40-6-8-50)39-5-7-49-17-28(16-38)23(2)33(34(49)51)48-46-31-14-26(20-58-54)11-27(15-31)21-59-55/h3-4,9-15,46,50,52-55H,5-8,17-21H2,1-2H3,(H3,39,40,41,42,43,44)/b47-45?,48-33-. The minimum Gasteiger partial charge on any atom is -0.395 e. The molecule has 0 atom stereocenters. The van der Waals surface area contributed by atoms with Crippen LogP contribution in [0.3, 0.4) is 0 Å². The Balaban J connectivity index is 1.28. The highest BCUT2D eigenvalue weighted by Gasteiger charge is 2.30. The highest BCUT2D eigenvalue weighted by Crippen LogP contribution is 2.28. The van der Waals surface area contributed by atoms with Crippen molar-refractivity contribution in [1.29, 1.82) is 5.26 Å². The zero-order chi connectivity index (χ0) is 42.1. The van der Waals surface area contributed by atoms with Gasteiger partial charge in [0.25, 0.3) is 5.91 Å². The minimum absolute atomic E-state index is 0.0196. The third kappa shape index (κ3) is 12.5. The molecule has 2 heterocycles. The monoisotopic (exact) mass is 814 g/mol. The van der Waals surface area contributed by atoms with Crippen molar-refractivity contribution in [2.45, 2.75) is 40.3 Å². The van der Waals surface area contributed by atoms with Gasteiger partial charge < -0.3 is 26.0 Å². The molecule has 0 saturated heterocycles. The quantitative estimate of drug-likeness (QED) is 0.0294. The van der Waals surface area contributed by atoms with E-state index in [1.54, 1.807) is 55.5 Å². The maximum absolute atomic E-state index is 13.6. The highest BCUT2D eigenvalue weighted by atomic mass is 17.1. The number of rotatable bonds is 21. The fraction of sp³-hybridized carbons (Fsp3) is 0.297. The van der Waals surface area contributed by atoms with Gasteiger partial charge in [-0.25, -0.2) is 19.6 Å². The second-order valence-corrected chi connectivity index (χ2v) is 12.9. The molecule has 0 saturated carbocycles. The zero-order valence-electron chi connectivity index (χ0n) is 31.9. The van der Waals surface area contributed by atoms with E-state index in [0.29, 0.717) is 56.1 Å².